The predicted molar refractivity (Wildman–Crippen MR) is 84.2 cm³/mol. The normalized spacial score (nSPS) is 33.0. The van der Waals surface area contributed by atoms with Crippen LogP contribution in [0.4, 0.5) is 0 Å². The van der Waals surface area contributed by atoms with Crippen LogP contribution >= 0.6 is 0 Å². The van der Waals surface area contributed by atoms with Crippen LogP contribution in [-0.2, 0) is 9.16 Å². The largest absolute Gasteiger partial charge is 0.411 e. The van der Waals surface area contributed by atoms with Crippen molar-refractivity contribution in [3.63, 3.8) is 0 Å². The Balaban J connectivity index is 1.58. The highest BCUT2D eigenvalue weighted by Gasteiger charge is 2.61. The van der Waals surface area contributed by atoms with Gasteiger partial charge in [-0.15, -0.1) is 0 Å². The Morgan fingerprint density at radius 3 is 2.30 bits per heavy atom. The van der Waals surface area contributed by atoms with Gasteiger partial charge >= 0.3 is 0 Å². The van der Waals surface area contributed by atoms with Crippen molar-refractivity contribution in [2.24, 2.45) is 5.92 Å². The topological polar surface area (TPSA) is 18.5 Å². The molecule has 20 heavy (non-hydrogen) atoms. The van der Waals surface area contributed by atoms with Gasteiger partial charge in [-0.2, -0.15) is 0 Å². The molecule has 1 heterocycles. The van der Waals surface area contributed by atoms with E-state index in [1.807, 2.05) is 0 Å². The van der Waals surface area contributed by atoms with E-state index >= 15 is 0 Å². The fraction of sp³-hybridized carbons (Fsp3) is 0.647. The van der Waals surface area contributed by atoms with Crippen LogP contribution in [0.3, 0.4) is 0 Å². The molecule has 0 radical (unpaired) electrons. The second-order valence-electron chi connectivity index (χ2n) is 7.74. The Bertz CT molecular complexity index is 466. The van der Waals surface area contributed by atoms with E-state index in [9.17, 15) is 0 Å². The summed E-state index contributed by atoms with van der Waals surface area (Å²) < 4.78 is 12.7. The third-order valence-electron chi connectivity index (χ3n) is 5.24. The zero-order chi connectivity index (χ0) is 14.5. The molecule has 4 atom stereocenters. The molecule has 1 saturated carbocycles. The van der Waals surface area contributed by atoms with Crippen molar-refractivity contribution in [1.82, 2.24) is 0 Å². The first-order valence-corrected chi connectivity index (χ1v) is 10.6. The third-order valence-corrected chi connectivity index (χ3v) is 9.72. The number of hydrogen-bond acceptors (Lipinski definition) is 2. The molecule has 1 saturated heterocycles. The minimum Gasteiger partial charge on any atom is -0.411 e. The van der Waals surface area contributed by atoms with E-state index in [-0.39, 0.29) is 11.1 Å². The van der Waals surface area contributed by atoms with E-state index in [2.05, 4.69) is 64.2 Å². The van der Waals surface area contributed by atoms with E-state index in [1.54, 1.807) is 0 Å². The van der Waals surface area contributed by atoms with Crippen LogP contribution in [0.1, 0.15) is 38.9 Å². The van der Waals surface area contributed by atoms with Gasteiger partial charge in [0, 0.05) is 5.92 Å². The van der Waals surface area contributed by atoms with Crippen LogP contribution in [0, 0.1) is 5.92 Å². The molecule has 1 aliphatic carbocycles. The van der Waals surface area contributed by atoms with Gasteiger partial charge in [-0.25, -0.2) is 0 Å². The molecule has 0 N–H and O–H groups in total. The predicted octanol–water partition coefficient (Wildman–Crippen LogP) is 4.54. The minimum atomic E-state index is -1.65. The maximum Gasteiger partial charge on any atom is 0.192 e. The molecule has 0 spiro atoms. The molecule has 2 aliphatic rings. The second kappa shape index (κ2) is 4.69. The lowest BCUT2D eigenvalue weighted by Crippen LogP contribution is -2.42. The van der Waals surface area contributed by atoms with Crippen molar-refractivity contribution < 1.29 is 9.16 Å². The van der Waals surface area contributed by atoms with Crippen LogP contribution < -0.4 is 0 Å². The molecular formula is C17H26O2Si. The molecule has 0 amide bonds. The first-order valence-electron chi connectivity index (χ1n) is 7.68. The van der Waals surface area contributed by atoms with Crippen molar-refractivity contribution in [2.45, 2.75) is 63.6 Å². The molecular weight excluding hydrogens is 264 g/mol. The number of fused-ring (bicyclic) bond motifs is 1. The van der Waals surface area contributed by atoms with Gasteiger partial charge in [-0.3, -0.25) is 0 Å². The quantitative estimate of drug-likeness (QED) is 0.761. The van der Waals surface area contributed by atoms with Crippen molar-refractivity contribution in [2.75, 3.05) is 0 Å². The number of ether oxygens (including phenoxy) is 1. The van der Waals surface area contributed by atoms with Crippen molar-refractivity contribution in [3.8, 4) is 0 Å². The van der Waals surface area contributed by atoms with Crippen LogP contribution in [-0.4, -0.2) is 20.5 Å². The summed E-state index contributed by atoms with van der Waals surface area (Å²) in [4.78, 5) is 0. The Kier molecular flexibility index (Phi) is 3.35. The molecule has 3 rings (SSSR count). The summed E-state index contributed by atoms with van der Waals surface area (Å²) in [5.74, 6) is 0.620. The molecule has 2 nitrogen and oxygen atoms in total. The average Bonchev–Trinajstić information content (AvgIpc) is 2.84. The fourth-order valence-corrected chi connectivity index (χ4v) is 4.15. The number of hydrogen-bond donors (Lipinski definition) is 0. The number of benzene rings is 1. The van der Waals surface area contributed by atoms with Gasteiger partial charge in [0.05, 0.1) is 18.3 Å². The molecule has 2 unspecified atom stereocenters. The summed E-state index contributed by atoms with van der Waals surface area (Å²) in [6.45, 7) is 11.5. The van der Waals surface area contributed by atoms with E-state index in [4.69, 9.17) is 9.16 Å². The lowest BCUT2D eigenvalue weighted by molar-refractivity contribution is 0.0352. The van der Waals surface area contributed by atoms with Gasteiger partial charge in [0.25, 0.3) is 0 Å². The monoisotopic (exact) mass is 290 g/mol. The zero-order valence-electron chi connectivity index (χ0n) is 13.2. The summed E-state index contributed by atoms with van der Waals surface area (Å²) in [6.07, 6.45) is 2.10. The highest BCUT2D eigenvalue weighted by atomic mass is 28.4. The van der Waals surface area contributed by atoms with E-state index < -0.39 is 8.32 Å². The minimum absolute atomic E-state index is 0.280. The first kappa shape index (κ1) is 14.3. The highest BCUT2D eigenvalue weighted by Crippen LogP contribution is 2.55. The van der Waals surface area contributed by atoms with Crippen molar-refractivity contribution >= 4 is 8.32 Å². The van der Waals surface area contributed by atoms with Gasteiger partial charge in [-0.05, 0) is 30.1 Å². The Hall–Kier alpha value is -0.643. The van der Waals surface area contributed by atoms with Crippen molar-refractivity contribution in [3.05, 3.63) is 35.9 Å². The lowest BCUT2D eigenvalue weighted by atomic mass is 10.1. The average molecular weight is 290 g/mol. The van der Waals surface area contributed by atoms with E-state index in [0.29, 0.717) is 18.1 Å². The van der Waals surface area contributed by atoms with Crippen LogP contribution in [0.5, 0.6) is 0 Å². The first-order chi connectivity index (χ1) is 9.29. The molecule has 1 aliphatic heterocycles. The van der Waals surface area contributed by atoms with Crippen LogP contribution in [0.25, 0.3) is 0 Å². The molecule has 110 valence electrons. The summed E-state index contributed by atoms with van der Waals surface area (Å²) in [5, 5.41) is 0.280. The molecule has 3 heteroatoms. The highest BCUT2D eigenvalue weighted by molar-refractivity contribution is 6.74. The Labute approximate surface area is 123 Å². The zero-order valence-corrected chi connectivity index (χ0v) is 14.2. The molecule has 1 aromatic carbocycles. The smallest absolute Gasteiger partial charge is 0.192 e. The maximum atomic E-state index is 6.48. The molecule has 1 aromatic rings. The standard InChI is InChI=1S/C17H26O2Si/c1-17(2,3)20(4,5)19-16-13-11-14(18-15(13)16)12-9-7-6-8-10-12/h6-10,13-16H,11H2,1-5H3/t13?,14-,15+,16?/m1/s1. The van der Waals surface area contributed by atoms with E-state index in [0.717, 1.165) is 6.42 Å². The number of rotatable bonds is 3. The molecule has 0 bridgehead atoms. The van der Waals surface area contributed by atoms with Gasteiger partial charge in [-0.1, -0.05) is 51.1 Å². The summed E-state index contributed by atoms with van der Waals surface area (Å²) in [6, 6.07) is 10.6. The van der Waals surface area contributed by atoms with Crippen LogP contribution in [0.15, 0.2) is 30.3 Å². The fourth-order valence-electron chi connectivity index (χ4n) is 2.81. The van der Waals surface area contributed by atoms with Crippen molar-refractivity contribution in [1.29, 1.82) is 0 Å². The SMILES string of the molecule is CC(C)(C)[Si](C)(C)OC1C2C[C@H](c3ccccc3)O[C@@H]21. The Morgan fingerprint density at radius 2 is 1.80 bits per heavy atom. The van der Waals surface area contributed by atoms with E-state index in [1.165, 1.54) is 5.56 Å². The summed E-state index contributed by atoms with van der Waals surface area (Å²) in [5.41, 5.74) is 1.31. The summed E-state index contributed by atoms with van der Waals surface area (Å²) >= 11 is 0. The molecule has 0 aromatic heterocycles. The molecule has 2 fully saturated rings. The van der Waals surface area contributed by atoms with Gasteiger partial charge in [0.2, 0.25) is 0 Å². The van der Waals surface area contributed by atoms with Crippen LogP contribution in [0.2, 0.25) is 18.1 Å². The maximum absolute atomic E-state index is 6.48. The third kappa shape index (κ3) is 2.47. The Morgan fingerprint density at radius 1 is 1.15 bits per heavy atom. The van der Waals surface area contributed by atoms with Gasteiger partial charge < -0.3 is 9.16 Å². The van der Waals surface area contributed by atoms with Gasteiger partial charge in [0.15, 0.2) is 8.32 Å². The van der Waals surface area contributed by atoms with Gasteiger partial charge in [0.1, 0.15) is 0 Å². The lowest BCUT2D eigenvalue weighted by Gasteiger charge is -2.37. The summed E-state index contributed by atoms with van der Waals surface area (Å²) in [7, 11) is -1.65. The second-order valence-corrected chi connectivity index (χ2v) is 12.5.